The number of likely N-dealkylation sites (tertiary alicyclic amines) is 1. The average Bonchev–Trinajstić information content (AvgIpc) is 2.83. The molecule has 1 aromatic rings. The Morgan fingerprint density at radius 2 is 1.62 bits per heavy atom. The molecule has 8 nitrogen and oxygen atoms in total. The molecule has 0 saturated carbocycles. The normalized spacial score (nSPS) is 21.6. The summed E-state index contributed by atoms with van der Waals surface area (Å²) in [6.07, 6.45) is 5.81. The first kappa shape index (κ1) is 22.8. The van der Waals surface area contributed by atoms with E-state index < -0.39 is 0 Å². The summed E-state index contributed by atoms with van der Waals surface area (Å²) >= 11 is 0. The van der Waals surface area contributed by atoms with Crippen LogP contribution in [0.2, 0.25) is 0 Å². The van der Waals surface area contributed by atoms with Crippen molar-refractivity contribution >= 4 is 17.8 Å². The van der Waals surface area contributed by atoms with E-state index in [1.165, 1.54) is 12.8 Å². The van der Waals surface area contributed by atoms with Crippen molar-refractivity contribution in [3.63, 3.8) is 0 Å². The molecule has 4 heterocycles. The van der Waals surface area contributed by atoms with E-state index in [0.29, 0.717) is 19.6 Å². The van der Waals surface area contributed by atoms with Crippen molar-refractivity contribution in [2.75, 3.05) is 64.3 Å². The first-order valence-corrected chi connectivity index (χ1v) is 12.2. The van der Waals surface area contributed by atoms with E-state index in [-0.39, 0.29) is 17.9 Å². The van der Waals surface area contributed by atoms with Crippen molar-refractivity contribution in [3.8, 4) is 0 Å². The predicted octanol–water partition coefficient (Wildman–Crippen LogP) is 2.01. The molecule has 0 atom stereocenters. The minimum atomic E-state index is -0.0513. The molecule has 4 rings (SSSR count). The van der Waals surface area contributed by atoms with Gasteiger partial charge in [-0.1, -0.05) is 13.0 Å². The molecular weight excluding hydrogens is 404 g/mol. The number of hydrogen-bond acceptors (Lipinski definition) is 5. The Hall–Kier alpha value is -2.35. The zero-order valence-corrected chi connectivity index (χ0v) is 19.6. The third kappa shape index (κ3) is 5.71. The topological polar surface area (TPSA) is 72.0 Å². The van der Waals surface area contributed by atoms with E-state index in [9.17, 15) is 9.59 Å². The van der Waals surface area contributed by atoms with Crippen LogP contribution in [0.5, 0.6) is 0 Å². The minimum Gasteiger partial charge on any atom is -0.357 e. The number of amides is 3. The highest BCUT2D eigenvalue weighted by Crippen LogP contribution is 2.22. The van der Waals surface area contributed by atoms with Crippen LogP contribution in [0.3, 0.4) is 0 Å². The Kier molecular flexibility index (Phi) is 7.50. The zero-order valence-electron chi connectivity index (χ0n) is 19.6. The van der Waals surface area contributed by atoms with Crippen LogP contribution < -0.4 is 10.2 Å². The van der Waals surface area contributed by atoms with Gasteiger partial charge in [0, 0.05) is 71.0 Å². The highest BCUT2D eigenvalue weighted by molar-refractivity contribution is 5.80. The second-order valence-corrected chi connectivity index (χ2v) is 9.74. The van der Waals surface area contributed by atoms with E-state index in [4.69, 9.17) is 0 Å². The van der Waals surface area contributed by atoms with Gasteiger partial charge in [-0.05, 0) is 50.3 Å². The summed E-state index contributed by atoms with van der Waals surface area (Å²) in [5, 5.41) is 3.02. The minimum absolute atomic E-state index is 0.0513. The van der Waals surface area contributed by atoms with Gasteiger partial charge in [-0.2, -0.15) is 0 Å². The largest absolute Gasteiger partial charge is 0.357 e. The van der Waals surface area contributed by atoms with Crippen LogP contribution in [0.25, 0.3) is 0 Å². The molecule has 0 bridgehead atoms. The number of piperazine rings is 1. The van der Waals surface area contributed by atoms with Crippen LogP contribution in [0, 0.1) is 11.8 Å². The maximum atomic E-state index is 12.8. The molecule has 0 aromatic carbocycles. The lowest BCUT2D eigenvalue weighted by atomic mass is 9.95. The summed E-state index contributed by atoms with van der Waals surface area (Å²) in [6.45, 7) is 9.73. The Balaban J connectivity index is 1.19. The molecule has 0 spiro atoms. The number of pyridine rings is 1. The monoisotopic (exact) mass is 442 g/mol. The van der Waals surface area contributed by atoms with E-state index in [0.717, 1.165) is 69.4 Å². The van der Waals surface area contributed by atoms with Crippen molar-refractivity contribution in [1.82, 2.24) is 25.0 Å². The number of urea groups is 1. The standard InChI is InChI=1S/C24H38N6O2/c1-19-5-9-28(10-6-19)22-4-3-20(17-25-22)18-26-24(32)30-11-7-21(8-12-30)23(31)29-15-13-27(2)14-16-29/h3-4,17,19,21H,5-16,18H2,1-2H3,(H,26,32). The van der Waals surface area contributed by atoms with Gasteiger partial charge in [-0.3, -0.25) is 4.79 Å². The highest BCUT2D eigenvalue weighted by Gasteiger charge is 2.31. The van der Waals surface area contributed by atoms with Gasteiger partial charge in [0.25, 0.3) is 0 Å². The Morgan fingerprint density at radius 1 is 0.938 bits per heavy atom. The Labute approximate surface area is 191 Å². The number of hydrogen-bond donors (Lipinski definition) is 1. The number of nitrogens with zero attached hydrogens (tertiary/aromatic N) is 5. The molecule has 1 aromatic heterocycles. The SMILES string of the molecule is CC1CCN(c2ccc(CNC(=O)N3CCC(C(=O)N4CCN(C)CC4)CC3)cn2)CC1. The number of nitrogens with one attached hydrogen (secondary N) is 1. The molecule has 176 valence electrons. The fraction of sp³-hybridized carbons (Fsp3) is 0.708. The van der Waals surface area contributed by atoms with Crippen LogP contribution in [0.4, 0.5) is 10.6 Å². The van der Waals surface area contributed by atoms with Gasteiger partial charge in [-0.25, -0.2) is 9.78 Å². The van der Waals surface area contributed by atoms with E-state index >= 15 is 0 Å². The lowest BCUT2D eigenvalue weighted by Crippen LogP contribution is -2.51. The van der Waals surface area contributed by atoms with Gasteiger partial charge < -0.3 is 24.9 Å². The van der Waals surface area contributed by atoms with E-state index in [1.807, 2.05) is 16.0 Å². The molecule has 0 aliphatic carbocycles. The van der Waals surface area contributed by atoms with Gasteiger partial charge in [0.15, 0.2) is 0 Å². The van der Waals surface area contributed by atoms with Crippen LogP contribution in [-0.4, -0.2) is 91.0 Å². The molecule has 0 unspecified atom stereocenters. The fourth-order valence-electron chi connectivity index (χ4n) is 4.85. The van der Waals surface area contributed by atoms with Crippen molar-refractivity contribution < 1.29 is 9.59 Å². The predicted molar refractivity (Wildman–Crippen MR) is 125 cm³/mol. The molecule has 1 N–H and O–H groups in total. The fourth-order valence-corrected chi connectivity index (χ4v) is 4.85. The van der Waals surface area contributed by atoms with Gasteiger partial charge in [0.2, 0.25) is 5.91 Å². The van der Waals surface area contributed by atoms with Crippen molar-refractivity contribution in [2.45, 2.75) is 39.2 Å². The van der Waals surface area contributed by atoms with Crippen molar-refractivity contribution in [1.29, 1.82) is 0 Å². The number of carbonyl (C=O) groups excluding carboxylic acids is 2. The Bertz CT molecular complexity index is 761. The molecule has 0 radical (unpaired) electrons. The maximum absolute atomic E-state index is 12.8. The van der Waals surface area contributed by atoms with Gasteiger partial charge in [0.05, 0.1) is 0 Å². The highest BCUT2D eigenvalue weighted by atomic mass is 16.2. The lowest BCUT2D eigenvalue weighted by Gasteiger charge is -2.37. The second-order valence-electron chi connectivity index (χ2n) is 9.74. The zero-order chi connectivity index (χ0) is 22.5. The number of anilines is 1. The van der Waals surface area contributed by atoms with Crippen LogP contribution in [-0.2, 0) is 11.3 Å². The third-order valence-corrected chi connectivity index (χ3v) is 7.31. The lowest BCUT2D eigenvalue weighted by molar-refractivity contribution is -0.138. The summed E-state index contributed by atoms with van der Waals surface area (Å²) < 4.78 is 0. The third-order valence-electron chi connectivity index (χ3n) is 7.31. The summed E-state index contributed by atoms with van der Waals surface area (Å²) in [4.78, 5) is 38.5. The van der Waals surface area contributed by atoms with Crippen LogP contribution in [0.15, 0.2) is 18.3 Å². The molecule has 3 aliphatic rings. The molecule has 8 heteroatoms. The van der Waals surface area contributed by atoms with E-state index in [2.05, 4.69) is 46.2 Å². The molecule has 32 heavy (non-hydrogen) atoms. The molecule has 3 saturated heterocycles. The summed E-state index contributed by atoms with van der Waals surface area (Å²) in [6, 6.07) is 4.07. The van der Waals surface area contributed by atoms with Crippen LogP contribution >= 0.6 is 0 Å². The number of rotatable bonds is 4. The first-order valence-electron chi connectivity index (χ1n) is 12.2. The second kappa shape index (κ2) is 10.5. The van der Waals surface area contributed by atoms with E-state index in [1.54, 1.807) is 0 Å². The van der Waals surface area contributed by atoms with Crippen LogP contribution in [0.1, 0.15) is 38.2 Å². The average molecular weight is 443 g/mol. The van der Waals surface area contributed by atoms with Crippen molar-refractivity contribution in [2.24, 2.45) is 11.8 Å². The number of carbonyl (C=O) groups is 2. The molecule has 3 aliphatic heterocycles. The summed E-state index contributed by atoms with van der Waals surface area (Å²) in [7, 11) is 2.10. The molecular formula is C24H38N6O2. The maximum Gasteiger partial charge on any atom is 0.317 e. The van der Waals surface area contributed by atoms with Gasteiger partial charge in [0.1, 0.15) is 5.82 Å². The van der Waals surface area contributed by atoms with Gasteiger partial charge >= 0.3 is 6.03 Å². The number of aromatic nitrogens is 1. The smallest absolute Gasteiger partial charge is 0.317 e. The summed E-state index contributed by atoms with van der Waals surface area (Å²) in [5.41, 5.74) is 1.01. The molecule has 3 amide bonds. The quantitative estimate of drug-likeness (QED) is 0.772. The number of likely N-dealkylation sites (N-methyl/N-ethyl adjacent to an activating group) is 1. The van der Waals surface area contributed by atoms with Gasteiger partial charge in [-0.15, -0.1) is 0 Å². The summed E-state index contributed by atoms with van der Waals surface area (Å²) in [5.74, 6) is 2.15. The first-order chi connectivity index (χ1) is 15.5. The van der Waals surface area contributed by atoms with Crippen molar-refractivity contribution in [3.05, 3.63) is 23.9 Å². The number of piperidine rings is 2. The Morgan fingerprint density at radius 3 is 2.25 bits per heavy atom. The molecule has 3 fully saturated rings.